The minimum Gasteiger partial charge on any atom is -0.319 e. The number of thiophene rings is 1. The molecule has 0 unspecified atom stereocenters. The van der Waals surface area contributed by atoms with Gasteiger partial charge in [-0.1, -0.05) is 26.2 Å². The number of nitrogens with one attached hydrogen (secondary N) is 1. The van der Waals surface area contributed by atoms with Crippen molar-refractivity contribution in [3.05, 3.63) is 20.8 Å². The van der Waals surface area contributed by atoms with Crippen LogP contribution in [0.1, 0.15) is 56.7 Å². The lowest BCUT2D eigenvalue weighted by Crippen LogP contribution is -2.38. The first kappa shape index (κ1) is 16.5. The van der Waals surface area contributed by atoms with E-state index in [9.17, 15) is 0 Å². The summed E-state index contributed by atoms with van der Waals surface area (Å²) < 4.78 is 1.27. The summed E-state index contributed by atoms with van der Waals surface area (Å²) in [4.78, 5) is 1.54. The third kappa shape index (κ3) is 4.57. The van der Waals surface area contributed by atoms with Crippen LogP contribution in [0.2, 0.25) is 0 Å². The lowest BCUT2D eigenvalue weighted by Gasteiger charge is -2.40. The van der Waals surface area contributed by atoms with Crippen molar-refractivity contribution in [2.45, 2.75) is 58.3 Å². The monoisotopic (exact) mass is 357 g/mol. The van der Waals surface area contributed by atoms with Gasteiger partial charge >= 0.3 is 0 Å². The van der Waals surface area contributed by atoms with Crippen molar-refractivity contribution in [2.24, 2.45) is 11.3 Å². The molecule has 1 nitrogen and oxygen atoms in total. The van der Waals surface area contributed by atoms with E-state index in [0.717, 1.165) is 5.92 Å². The predicted molar refractivity (Wildman–Crippen MR) is 93.6 cm³/mol. The molecule has 0 saturated heterocycles. The van der Waals surface area contributed by atoms with Crippen LogP contribution in [0.15, 0.2) is 15.9 Å². The van der Waals surface area contributed by atoms with Gasteiger partial charge in [0.05, 0.1) is 3.79 Å². The zero-order valence-electron chi connectivity index (χ0n) is 12.9. The van der Waals surface area contributed by atoms with Gasteiger partial charge in [0.25, 0.3) is 0 Å². The fourth-order valence-electron chi connectivity index (χ4n) is 3.68. The Morgan fingerprint density at radius 3 is 2.65 bits per heavy atom. The molecular weight excluding hydrogens is 330 g/mol. The average molecular weight is 358 g/mol. The molecule has 0 amide bonds. The topological polar surface area (TPSA) is 12.0 Å². The molecule has 1 saturated carbocycles. The minimum atomic E-state index is 0.502. The molecule has 1 aromatic rings. The zero-order valence-corrected chi connectivity index (χ0v) is 15.3. The molecular formula is C17H28BrNS. The van der Waals surface area contributed by atoms with Crippen LogP contribution in [0, 0.1) is 11.3 Å². The van der Waals surface area contributed by atoms with Crippen molar-refractivity contribution < 1.29 is 0 Å². The molecule has 3 heteroatoms. The van der Waals surface area contributed by atoms with Crippen LogP contribution < -0.4 is 5.32 Å². The second-order valence-electron chi connectivity index (χ2n) is 6.50. The number of rotatable bonds is 7. The molecule has 2 rings (SSSR count). The molecule has 1 aliphatic carbocycles. The Morgan fingerprint density at radius 1 is 1.35 bits per heavy atom. The summed E-state index contributed by atoms with van der Waals surface area (Å²) in [7, 11) is 2.11. The van der Waals surface area contributed by atoms with E-state index in [4.69, 9.17) is 0 Å². The van der Waals surface area contributed by atoms with Crippen LogP contribution in [0.5, 0.6) is 0 Å². The van der Waals surface area contributed by atoms with Gasteiger partial charge in [-0.15, -0.1) is 11.3 Å². The molecule has 1 heterocycles. The number of unbranched alkanes of at least 4 members (excludes halogenated alkanes) is 1. The Labute approximate surface area is 136 Å². The van der Waals surface area contributed by atoms with E-state index in [1.54, 1.807) is 4.88 Å². The Bertz CT molecular complexity index is 393. The van der Waals surface area contributed by atoms with Crippen molar-refractivity contribution in [3.8, 4) is 0 Å². The van der Waals surface area contributed by atoms with E-state index in [0.29, 0.717) is 5.41 Å². The minimum absolute atomic E-state index is 0.502. The molecule has 0 bridgehead atoms. The largest absolute Gasteiger partial charge is 0.319 e. The quantitative estimate of drug-likeness (QED) is 0.665. The number of halogens is 1. The fourth-order valence-corrected chi connectivity index (χ4v) is 5.34. The van der Waals surface area contributed by atoms with Crippen LogP contribution in [-0.2, 0) is 6.42 Å². The molecule has 0 aliphatic heterocycles. The second kappa shape index (κ2) is 7.95. The lowest BCUT2D eigenvalue weighted by atomic mass is 9.67. The Morgan fingerprint density at radius 2 is 2.10 bits per heavy atom. The second-order valence-corrected chi connectivity index (χ2v) is 9.05. The van der Waals surface area contributed by atoms with Crippen LogP contribution in [0.4, 0.5) is 0 Å². The highest BCUT2D eigenvalue weighted by atomic mass is 79.9. The Hall–Kier alpha value is 0.140. The van der Waals surface area contributed by atoms with Crippen LogP contribution in [0.3, 0.4) is 0 Å². The molecule has 114 valence electrons. The van der Waals surface area contributed by atoms with Crippen molar-refractivity contribution >= 4 is 27.3 Å². The summed E-state index contributed by atoms with van der Waals surface area (Å²) >= 11 is 5.50. The molecule has 0 radical (unpaired) electrons. The van der Waals surface area contributed by atoms with E-state index in [2.05, 4.69) is 47.4 Å². The third-order valence-electron chi connectivity index (χ3n) is 4.86. The number of hydrogen-bond donors (Lipinski definition) is 1. The highest BCUT2D eigenvalue weighted by Crippen LogP contribution is 2.43. The highest BCUT2D eigenvalue weighted by molar-refractivity contribution is 9.11. The standard InChI is InChI=1S/C17H28BrNS/c1-3-4-5-14-8-10-17(11-9-14,13-19-2)12-15-6-7-16(18)20-15/h6-7,14,19H,3-5,8-13H2,1-2H3. The lowest BCUT2D eigenvalue weighted by molar-refractivity contribution is 0.142. The maximum absolute atomic E-state index is 3.59. The third-order valence-corrected chi connectivity index (χ3v) is 6.49. The number of hydrogen-bond acceptors (Lipinski definition) is 2. The molecule has 0 spiro atoms. The predicted octanol–water partition coefficient (Wildman–Crippen LogP) is 5.64. The molecule has 20 heavy (non-hydrogen) atoms. The van der Waals surface area contributed by atoms with E-state index in [-0.39, 0.29) is 0 Å². The first-order valence-corrected chi connectivity index (χ1v) is 9.67. The van der Waals surface area contributed by atoms with Crippen molar-refractivity contribution in [3.63, 3.8) is 0 Å². The van der Waals surface area contributed by atoms with Crippen LogP contribution in [0.25, 0.3) is 0 Å². The maximum atomic E-state index is 3.59. The van der Waals surface area contributed by atoms with Crippen LogP contribution in [-0.4, -0.2) is 13.6 Å². The zero-order chi connectivity index (χ0) is 14.4. The van der Waals surface area contributed by atoms with Gasteiger partial charge in [-0.05, 0) is 78.5 Å². The summed E-state index contributed by atoms with van der Waals surface area (Å²) in [5, 5.41) is 3.46. The van der Waals surface area contributed by atoms with Crippen molar-refractivity contribution in [2.75, 3.05) is 13.6 Å². The van der Waals surface area contributed by atoms with E-state index < -0.39 is 0 Å². The Balaban J connectivity index is 1.94. The molecule has 0 atom stereocenters. The maximum Gasteiger partial charge on any atom is 0.0701 e. The highest BCUT2D eigenvalue weighted by Gasteiger charge is 2.35. The van der Waals surface area contributed by atoms with Gasteiger partial charge in [0.2, 0.25) is 0 Å². The summed E-state index contributed by atoms with van der Waals surface area (Å²) in [6.07, 6.45) is 11.2. The molecule has 1 aromatic heterocycles. The van der Waals surface area contributed by atoms with Crippen molar-refractivity contribution in [1.82, 2.24) is 5.32 Å². The van der Waals surface area contributed by atoms with Crippen molar-refractivity contribution in [1.29, 1.82) is 0 Å². The molecule has 0 aromatic carbocycles. The SMILES string of the molecule is CCCCC1CCC(CNC)(Cc2ccc(Br)s2)CC1. The first-order chi connectivity index (χ1) is 9.67. The van der Waals surface area contributed by atoms with Gasteiger partial charge in [0.15, 0.2) is 0 Å². The van der Waals surface area contributed by atoms with E-state index in [1.807, 2.05) is 11.3 Å². The molecule has 1 N–H and O–H groups in total. The van der Waals surface area contributed by atoms with Gasteiger partial charge in [-0.25, -0.2) is 0 Å². The summed E-state index contributed by atoms with van der Waals surface area (Å²) in [6.45, 7) is 3.48. The van der Waals surface area contributed by atoms with E-state index >= 15 is 0 Å². The molecule has 1 fully saturated rings. The molecule has 1 aliphatic rings. The fraction of sp³-hybridized carbons (Fsp3) is 0.765. The van der Waals surface area contributed by atoms with Gasteiger partial charge < -0.3 is 5.32 Å². The summed E-state index contributed by atoms with van der Waals surface area (Å²) in [5.74, 6) is 0.995. The van der Waals surface area contributed by atoms with E-state index in [1.165, 1.54) is 61.7 Å². The normalized spacial score (nSPS) is 26.9. The average Bonchev–Trinajstić information content (AvgIpc) is 2.84. The van der Waals surface area contributed by atoms with Gasteiger partial charge in [0, 0.05) is 11.4 Å². The van der Waals surface area contributed by atoms with Gasteiger partial charge in [-0.2, -0.15) is 0 Å². The summed E-state index contributed by atoms with van der Waals surface area (Å²) in [5.41, 5.74) is 0.502. The Kier molecular flexibility index (Phi) is 6.57. The smallest absolute Gasteiger partial charge is 0.0701 e. The first-order valence-electron chi connectivity index (χ1n) is 8.06. The van der Waals surface area contributed by atoms with Gasteiger partial charge in [-0.3, -0.25) is 0 Å². The summed E-state index contributed by atoms with van der Waals surface area (Å²) in [6, 6.07) is 4.50. The van der Waals surface area contributed by atoms with Gasteiger partial charge in [0.1, 0.15) is 0 Å². The van der Waals surface area contributed by atoms with Crippen LogP contribution >= 0.6 is 27.3 Å².